The number of anilines is 1. The van der Waals surface area contributed by atoms with Crippen LogP contribution in [0.4, 0.5) is 5.69 Å². The van der Waals surface area contributed by atoms with Crippen molar-refractivity contribution >= 4 is 5.69 Å². The van der Waals surface area contributed by atoms with Crippen molar-refractivity contribution in [2.45, 2.75) is 27.2 Å². The van der Waals surface area contributed by atoms with Crippen molar-refractivity contribution in [1.29, 1.82) is 0 Å². The van der Waals surface area contributed by atoms with Gasteiger partial charge in [-0.25, -0.2) is 0 Å². The van der Waals surface area contributed by atoms with Gasteiger partial charge in [0.25, 0.3) is 0 Å². The monoisotopic (exact) mass is 191 g/mol. The van der Waals surface area contributed by atoms with E-state index in [1.807, 2.05) is 38.1 Å². The van der Waals surface area contributed by atoms with Crippen molar-refractivity contribution in [2.75, 3.05) is 5.73 Å². The first-order valence-corrected chi connectivity index (χ1v) is 4.86. The van der Waals surface area contributed by atoms with Gasteiger partial charge in [0, 0.05) is 6.42 Å². The van der Waals surface area contributed by atoms with E-state index >= 15 is 0 Å². The van der Waals surface area contributed by atoms with Gasteiger partial charge in [-0.2, -0.15) is 0 Å². The molecule has 0 unspecified atom stereocenters. The van der Waals surface area contributed by atoms with Crippen molar-refractivity contribution in [3.8, 4) is 5.75 Å². The topological polar surface area (TPSA) is 35.2 Å². The van der Waals surface area contributed by atoms with Crippen LogP contribution in [0.3, 0.4) is 0 Å². The summed E-state index contributed by atoms with van der Waals surface area (Å²) in [6, 6.07) is 5.80. The Balaban J connectivity index is 2.90. The van der Waals surface area contributed by atoms with Gasteiger partial charge in [0.1, 0.15) is 5.75 Å². The van der Waals surface area contributed by atoms with Crippen LogP contribution in [0, 0.1) is 6.92 Å². The van der Waals surface area contributed by atoms with Crippen LogP contribution in [0.2, 0.25) is 0 Å². The van der Waals surface area contributed by atoms with Gasteiger partial charge in [-0.15, -0.1) is 0 Å². The zero-order valence-electron chi connectivity index (χ0n) is 9.00. The van der Waals surface area contributed by atoms with Crippen LogP contribution < -0.4 is 10.5 Å². The van der Waals surface area contributed by atoms with Gasteiger partial charge in [-0.1, -0.05) is 13.0 Å². The van der Waals surface area contributed by atoms with E-state index in [0.717, 1.165) is 23.5 Å². The summed E-state index contributed by atoms with van der Waals surface area (Å²) in [5.41, 5.74) is 7.63. The number of nitrogens with two attached hydrogens (primary N) is 1. The molecule has 0 spiro atoms. The number of hydrogen-bond donors (Lipinski definition) is 1. The van der Waals surface area contributed by atoms with Crippen molar-refractivity contribution < 1.29 is 4.74 Å². The van der Waals surface area contributed by atoms with E-state index in [9.17, 15) is 0 Å². The van der Waals surface area contributed by atoms with E-state index in [4.69, 9.17) is 10.5 Å². The molecule has 1 rings (SSSR count). The second kappa shape index (κ2) is 4.70. The number of benzene rings is 1. The first-order valence-electron chi connectivity index (χ1n) is 4.86. The molecule has 0 aliphatic heterocycles. The maximum atomic E-state index is 5.79. The number of aryl methyl sites for hydroxylation is 1. The Kier molecular flexibility index (Phi) is 3.57. The Morgan fingerprint density at radius 1 is 1.50 bits per heavy atom. The van der Waals surface area contributed by atoms with E-state index in [0.29, 0.717) is 5.69 Å². The summed E-state index contributed by atoms with van der Waals surface area (Å²) in [5, 5.41) is 0. The highest BCUT2D eigenvalue weighted by atomic mass is 16.5. The first kappa shape index (κ1) is 10.6. The molecule has 76 valence electrons. The molecule has 0 radical (unpaired) electrons. The molecule has 0 aromatic heterocycles. The summed E-state index contributed by atoms with van der Waals surface area (Å²) in [6.07, 6.45) is 2.84. The summed E-state index contributed by atoms with van der Waals surface area (Å²) < 4.78 is 5.66. The molecule has 1 aromatic rings. The van der Waals surface area contributed by atoms with Crippen LogP contribution in [0.25, 0.3) is 0 Å². The number of rotatable bonds is 3. The largest absolute Gasteiger partial charge is 0.460 e. The molecular formula is C12H17NO. The minimum absolute atomic E-state index is 0.684. The van der Waals surface area contributed by atoms with Crippen LogP contribution in [0.15, 0.2) is 30.0 Å². The van der Waals surface area contributed by atoms with Crippen molar-refractivity contribution in [3.05, 3.63) is 35.6 Å². The van der Waals surface area contributed by atoms with Gasteiger partial charge in [0.05, 0.1) is 11.4 Å². The molecule has 0 aliphatic rings. The van der Waals surface area contributed by atoms with E-state index in [1.165, 1.54) is 0 Å². The highest BCUT2D eigenvalue weighted by molar-refractivity contribution is 5.54. The lowest BCUT2D eigenvalue weighted by atomic mass is 10.2. The van der Waals surface area contributed by atoms with Crippen LogP contribution in [-0.4, -0.2) is 0 Å². The number of nitrogen functional groups attached to an aromatic ring is 1. The van der Waals surface area contributed by atoms with E-state index in [2.05, 4.69) is 6.92 Å². The number of ether oxygens (including phenoxy) is 1. The van der Waals surface area contributed by atoms with Crippen LogP contribution in [-0.2, 0) is 0 Å². The summed E-state index contributed by atoms with van der Waals surface area (Å²) >= 11 is 0. The van der Waals surface area contributed by atoms with E-state index in [-0.39, 0.29) is 0 Å². The summed E-state index contributed by atoms with van der Waals surface area (Å²) in [4.78, 5) is 0. The summed E-state index contributed by atoms with van der Waals surface area (Å²) in [6.45, 7) is 6.04. The Bertz CT molecular complexity index is 342. The van der Waals surface area contributed by atoms with Crippen molar-refractivity contribution in [1.82, 2.24) is 0 Å². The minimum Gasteiger partial charge on any atom is -0.460 e. The second-order valence-electron chi connectivity index (χ2n) is 3.25. The fourth-order valence-electron chi connectivity index (χ4n) is 1.21. The third kappa shape index (κ3) is 2.52. The minimum atomic E-state index is 0.684. The fourth-order valence-corrected chi connectivity index (χ4v) is 1.21. The van der Waals surface area contributed by atoms with Gasteiger partial charge in [0.2, 0.25) is 0 Å². The van der Waals surface area contributed by atoms with E-state index in [1.54, 1.807) is 0 Å². The van der Waals surface area contributed by atoms with Crippen LogP contribution in [0.5, 0.6) is 5.75 Å². The molecule has 0 aliphatic carbocycles. The number of allylic oxidation sites excluding steroid dienone is 2. The van der Waals surface area contributed by atoms with Gasteiger partial charge in [-0.05, 0) is 37.6 Å². The summed E-state index contributed by atoms with van der Waals surface area (Å²) in [7, 11) is 0. The van der Waals surface area contributed by atoms with Crippen molar-refractivity contribution in [2.24, 2.45) is 0 Å². The van der Waals surface area contributed by atoms with Crippen LogP contribution >= 0.6 is 0 Å². The van der Waals surface area contributed by atoms with Crippen LogP contribution in [0.1, 0.15) is 25.8 Å². The fraction of sp³-hybridized carbons (Fsp3) is 0.333. The maximum Gasteiger partial charge on any atom is 0.150 e. The average molecular weight is 191 g/mol. The molecule has 2 N–H and O–H groups in total. The molecule has 2 nitrogen and oxygen atoms in total. The molecule has 0 bridgehead atoms. The molecular weight excluding hydrogens is 174 g/mol. The average Bonchev–Trinajstić information content (AvgIpc) is 2.19. The highest BCUT2D eigenvalue weighted by Gasteiger charge is 2.02. The smallest absolute Gasteiger partial charge is 0.150 e. The van der Waals surface area contributed by atoms with Gasteiger partial charge in [0.15, 0.2) is 0 Å². The van der Waals surface area contributed by atoms with Crippen molar-refractivity contribution in [3.63, 3.8) is 0 Å². The Labute approximate surface area is 85.4 Å². The molecule has 2 heteroatoms. The zero-order valence-corrected chi connectivity index (χ0v) is 9.00. The molecule has 14 heavy (non-hydrogen) atoms. The molecule has 1 aromatic carbocycles. The molecule has 0 saturated carbocycles. The van der Waals surface area contributed by atoms with Gasteiger partial charge in [-0.3, -0.25) is 0 Å². The quantitative estimate of drug-likeness (QED) is 0.588. The predicted octanol–water partition coefficient (Wildman–Crippen LogP) is 3.27. The maximum absolute atomic E-state index is 5.79. The Morgan fingerprint density at radius 3 is 2.79 bits per heavy atom. The van der Waals surface area contributed by atoms with Gasteiger partial charge < -0.3 is 10.5 Å². The number of hydrogen-bond acceptors (Lipinski definition) is 2. The SMILES string of the molecule is CC=C(CC)Oc1cc(C)ccc1N. The lowest BCUT2D eigenvalue weighted by molar-refractivity contribution is 0.410. The summed E-state index contributed by atoms with van der Waals surface area (Å²) in [5.74, 6) is 1.70. The van der Waals surface area contributed by atoms with Gasteiger partial charge >= 0.3 is 0 Å². The zero-order chi connectivity index (χ0) is 10.6. The molecule has 0 heterocycles. The Hall–Kier alpha value is -1.44. The second-order valence-corrected chi connectivity index (χ2v) is 3.25. The lowest BCUT2D eigenvalue weighted by Gasteiger charge is -2.10. The lowest BCUT2D eigenvalue weighted by Crippen LogP contribution is -1.97. The molecule has 0 amide bonds. The third-order valence-corrected chi connectivity index (χ3v) is 2.08. The molecule has 0 atom stereocenters. The third-order valence-electron chi connectivity index (χ3n) is 2.08. The molecule has 0 fully saturated rings. The predicted molar refractivity (Wildman–Crippen MR) is 60.3 cm³/mol. The molecule has 0 saturated heterocycles. The highest BCUT2D eigenvalue weighted by Crippen LogP contribution is 2.25. The first-order chi connectivity index (χ1) is 6.67. The normalized spacial score (nSPS) is 11.5. The Morgan fingerprint density at radius 2 is 2.21 bits per heavy atom. The van der Waals surface area contributed by atoms with E-state index < -0.39 is 0 Å². The standard InChI is InChI=1S/C12H17NO/c1-4-10(5-2)14-12-8-9(3)6-7-11(12)13/h4,6-8H,5,13H2,1-3H3.